The fraction of sp³-hybridized carbons (Fsp3) is 0.0714. The van der Waals surface area contributed by atoms with Gasteiger partial charge in [0.25, 0.3) is 0 Å². The zero-order valence-corrected chi connectivity index (χ0v) is 12.4. The van der Waals surface area contributed by atoms with Crippen molar-refractivity contribution >= 4 is 38.6 Å². The van der Waals surface area contributed by atoms with E-state index < -0.39 is 0 Å². The fourth-order valence-electron chi connectivity index (χ4n) is 1.93. The molecule has 0 saturated heterocycles. The maximum Gasteiger partial charge on any atom is 0.138 e. The van der Waals surface area contributed by atoms with Crippen LogP contribution in [0.5, 0.6) is 5.75 Å². The van der Waals surface area contributed by atoms with Crippen LogP contribution in [-0.2, 0) is 0 Å². The number of methoxy groups -OCH3 is 1. The van der Waals surface area contributed by atoms with Crippen LogP contribution in [0.25, 0.3) is 22.4 Å². The lowest BCUT2D eigenvalue weighted by Gasteiger charge is -2.00. The highest BCUT2D eigenvalue weighted by Gasteiger charge is 2.09. The molecule has 0 aliphatic rings. The van der Waals surface area contributed by atoms with E-state index in [0.29, 0.717) is 5.02 Å². The van der Waals surface area contributed by atoms with Gasteiger partial charge in [0.15, 0.2) is 0 Å². The van der Waals surface area contributed by atoms with Gasteiger partial charge in [-0.1, -0.05) is 11.6 Å². The number of imidazole rings is 1. The molecule has 0 unspecified atom stereocenters. The van der Waals surface area contributed by atoms with Crippen LogP contribution in [0.1, 0.15) is 0 Å². The molecule has 0 saturated carbocycles. The third-order valence-electron chi connectivity index (χ3n) is 2.87. The molecule has 3 rings (SSSR count). The van der Waals surface area contributed by atoms with Crippen LogP contribution in [-0.4, -0.2) is 17.1 Å². The number of nitrogens with one attached hydrogen (secondary N) is 1. The summed E-state index contributed by atoms with van der Waals surface area (Å²) in [4.78, 5) is 7.84. The smallest absolute Gasteiger partial charge is 0.138 e. The molecule has 0 atom stereocenters. The summed E-state index contributed by atoms with van der Waals surface area (Å²) in [5.41, 5.74) is 2.78. The number of ether oxygens (including phenoxy) is 1. The maximum absolute atomic E-state index is 6.02. The molecule has 3 aromatic rings. The van der Waals surface area contributed by atoms with E-state index in [4.69, 9.17) is 16.3 Å². The molecule has 0 spiro atoms. The molecule has 2 aromatic carbocycles. The van der Waals surface area contributed by atoms with Gasteiger partial charge in [-0.2, -0.15) is 0 Å². The van der Waals surface area contributed by atoms with Gasteiger partial charge in [-0.3, -0.25) is 0 Å². The van der Waals surface area contributed by atoms with Crippen LogP contribution in [0.3, 0.4) is 0 Å². The van der Waals surface area contributed by atoms with E-state index in [2.05, 4.69) is 25.9 Å². The first-order valence-corrected chi connectivity index (χ1v) is 6.83. The number of benzene rings is 2. The number of fused-ring (bicyclic) bond motifs is 1. The van der Waals surface area contributed by atoms with Crippen molar-refractivity contribution in [2.75, 3.05) is 7.11 Å². The molecular formula is C14H10BrClN2O. The van der Waals surface area contributed by atoms with Gasteiger partial charge in [-0.25, -0.2) is 4.98 Å². The van der Waals surface area contributed by atoms with E-state index in [0.717, 1.165) is 32.6 Å². The fourth-order valence-corrected chi connectivity index (χ4v) is 2.83. The van der Waals surface area contributed by atoms with Crippen LogP contribution < -0.4 is 4.74 Å². The third-order valence-corrected chi connectivity index (χ3v) is 3.69. The quantitative estimate of drug-likeness (QED) is 0.739. The van der Waals surface area contributed by atoms with Crippen LogP contribution in [0.4, 0.5) is 0 Å². The van der Waals surface area contributed by atoms with Gasteiger partial charge in [0, 0.05) is 15.1 Å². The van der Waals surface area contributed by atoms with Gasteiger partial charge in [0.05, 0.1) is 12.6 Å². The molecule has 0 bridgehead atoms. The molecule has 3 nitrogen and oxygen atoms in total. The van der Waals surface area contributed by atoms with E-state index in [1.54, 1.807) is 7.11 Å². The number of rotatable bonds is 2. The molecule has 1 heterocycles. The Hall–Kier alpha value is -1.52. The van der Waals surface area contributed by atoms with Crippen molar-refractivity contribution in [1.29, 1.82) is 0 Å². The minimum absolute atomic E-state index is 0.671. The summed E-state index contributed by atoms with van der Waals surface area (Å²) in [6.07, 6.45) is 0. The SMILES string of the molecule is COc1ccc(-c2nc3c(Br)cc(Cl)cc3[nH]2)cc1. The first-order chi connectivity index (χ1) is 9.17. The van der Waals surface area contributed by atoms with Crippen molar-refractivity contribution in [3.8, 4) is 17.1 Å². The molecular weight excluding hydrogens is 328 g/mol. The summed E-state index contributed by atoms with van der Waals surface area (Å²) in [5.74, 6) is 1.63. The Morgan fingerprint density at radius 3 is 2.63 bits per heavy atom. The molecule has 0 aliphatic heterocycles. The minimum atomic E-state index is 0.671. The van der Waals surface area contributed by atoms with Gasteiger partial charge in [0.2, 0.25) is 0 Å². The molecule has 0 amide bonds. The van der Waals surface area contributed by atoms with Crippen molar-refractivity contribution in [2.24, 2.45) is 0 Å². The maximum atomic E-state index is 6.02. The summed E-state index contributed by atoms with van der Waals surface area (Å²) in [7, 11) is 1.65. The average molecular weight is 338 g/mol. The molecule has 5 heteroatoms. The second-order valence-corrected chi connectivity index (χ2v) is 5.39. The Labute approximate surface area is 123 Å². The molecule has 0 aliphatic carbocycles. The summed E-state index contributed by atoms with van der Waals surface area (Å²) >= 11 is 9.49. The highest BCUT2D eigenvalue weighted by Crippen LogP contribution is 2.29. The highest BCUT2D eigenvalue weighted by molar-refractivity contribution is 9.10. The van der Waals surface area contributed by atoms with Gasteiger partial charge in [0.1, 0.15) is 17.1 Å². The number of nitrogens with zero attached hydrogens (tertiary/aromatic N) is 1. The van der Waals surface area contributed by atoms with Gasteiger partial charge in [-0.15, -0.1) is 0 Å². The summed E-state index contributed by atoms with van der Waals surface area (Å²) in [6.45, 7) is 0. The standard InChI is InChI=1S/C14H10BrClN2O/c1-19-10-4-2-8(3-5-10)14-17-12-7-9(16)6-11(15)13(12)18-14/h2-7H,1H3,(H,17,18). The number of H-pyrrole nitrogens is 1. The van der Waals surface area contributed by atoms with Gasteiger partial charge < -0.3 is 9.72 Å². The Balaban J connectivity index is 2.12. The first-order valence-electron chi connectivity index (χ1n) is 5.66. The number of halogens is 2. The lowest BCUT2D eigenvalue weighted by molar-refractivity contribution is 0.415. The molecule has 0 fully saturated rings. The lowest BCUT2D eigenvalue weighted by atomic mass is 10.2. The Morgan fingerprint density at radius 2 is 1.95 bits per heavy atom. The van der Waals surface area contributed by atoms with E-state index in [1.807, 2.05) is 36.4 Å². The van der Waals surface area contributed by atoms with Crippen molar-refractivity contribution in [3.63, 3.8) is 0 Å². The summed E-state index contributed by atoms with van der Waals surface area (Å²) in [5, 5.41) is 0.671. The largest absolute Gasteiger partial charge is 0.497 e. The predicted octanol–water partition coefficient (Wildman–Crippen LogP) is 4.65. The van der Waals surface area contributed by atoms with Crippen LogP contribution >= 0.6 is 27.5 Å². The molecule has 0 radical (unpaired) electrons. The molecule has 1 N–H and O–H groups in total. The third kappa shape index (κ3) is 2.33. The topological polar surface area (TPSA) is 37.9 Å². The number of aromatic nitrogens is 2. The van der Waals surface area contributed by atoms with Gasteiger partial charge in [-0.05, 0) is 52.3 Å². The second-order valence-electron chi connectivity index (χ2n) is 4.10. The van der Waals surface area contributed by atoms with Crippen LogP contribution in [0.2, 0.25) is 5.02 Å². The zero-order chi connectivity index (χ0) is 13.4. The van der Waals surface area contributed by atoms with E-state index in [-0.39, 0.29) is 0 Å². The zero-order valence-electron chi connectivity index (χ0n) is 10.1. The van der Waals surface area contributed by atoms with E-state index >= 15 is 0 Å². The second kappa shape index (κ2) is 4.87. The monoisotopic (exact) mass is 336 g/mol. The van der Waals surface area contributed by atoms with Crippen LogP contribution in [0.15, 0.2) is 40.9 Å². The molecule has 19 heavy (non-hydrogen) atoms. The predicted molar refractivity (Wildman–Crippen MR) is 80.8 cm³/mol. The van der Waals surface area contributed by atoms with Crippen LogP contribution in [0, 0.1) is 0 Å². The lowest BCUT2D eigenvalue weighted by Crippen LogP contribution is -1.83. The summed E-state index contributed by atoms with van der Waals surface area (Å²) in [6, 6.07) is 11.4. The van der Waals surface area contributed by atoms with Crippen molar-refractivity contribution in [2.45, 2.75) is 0 Å². The van der Waals surface area contributed by atoms with E-state index in [1.165, 1.54) is 0 Å². The highest BCUT2D eigenvalue weighted by atomic mass is 79.9. The average Bonchev–Trinajstić information content (AvgIpc) is 2.83. The summed E-state index contributed by atoms with van der Waals surface area (Å²) < 4.78 is 6.02. The van der Waals surface area contributed by atoms with Crippen molar-refractivity contribution < 1.29 is 4.74 Å². The molecule has 1 aromatic heterocycles. The number of hydrogen-bond donors (Lipinski definition) is 1. The first kappa shape index (κ1) is 12.5. The van der Waals surface area contributed by atoms with E-state index in [9.17, 15) is 0 Å². The Bertz CT molecular complexity index is 737. The normalized spacial score (nSPS) is 10.9. The van der Waals surface area contributed by atoms with Crippen molar-refractivity contribution in [1.82, 2.24) is 9.97 Å². The van der Waals surface area contributed by atoms with Gasteiger partial charge >= 0.3 is 0 Å². The molecule has 96 valence electrons. The van der Waals surface area contributed by atoms with Crippen molar-refractivity contribution in [3.05, 3.63) is 45.9 Å². The number of hydrogen-bond acceptors (Lipinski definition) is 2. The number of aromatic amines is 1. The minimum Gasteiger partial charge on any atom is -0.497 e. The Morgan fingerprint density at radius 1 is 1.21 bits per heavy atom. The Kier molecular flexibility index (Phi) is 3.21.